The fourth-order valence-electron chi connectivity index (χ4n) is 2.38. The van der Waals surface area contributed by atoms with E-state index in [4.69, 9.17) is 0 Å². The lowest BCUT2D eigenvalue weighted by Crippen LogP contribution is -2.33. The third-order valence-electron chi connectivity index (χ3n) is 3.63. The molecule has 1 aromatic rings. The van der Waals surface area contributed by atoms with Gasteiger partial charge in [0.1, 0.15) is 0 Å². The highest BCUT2D eigenvalue weighted by molar-refractivity contribution is 5.30. The van der Waals surface area contributed by atoms with Crippen LogP contribution in [0.4, 0.5) is 13.2 Å². The number of aliphatic hydroxyl groups is 1. The topological polar surface area (TPSA) is 32.3 Å². The van der Waals surface area contributed by atoms with Gasteiger partial charge in [-0.05, 0) is 37.6 Å². The minimum absolute atomic E-state index is 0.0546. The van der Waals surface area contributed by atoms with Gasteiger partial charge in [-0.2, -0.15) is 13.2 Å². The summed E-state index contributed by atoms with van der Waals surface area (Å²) in [6, 6.07) is 4.95. The zero-order valence-corrected chi connectivity index (χ0v) is 10.1. The Hall–Kier alpha value is -1.07. The average molecular weight is 259 g/mol. The maximum atomic E-state index is 12.6. The molecule has 0 aromatic heterocycles. The van der Waals surface area contributed by atoms with Crippen LogP contribution in [-0.4, -0.2) is 18.2 Å². The number of halogens is 3. The van der Waals surface area contributed by atoms with Crippen LogP contribution >= 0.6 is 0 Å². The normalized spacial score (nSPS) is 23.9. The average Bonchev–Trinajstić information content (AvgIpc) is 2.82. The lowest BCUT2D eigenvalue weighted by atomic mass is 9.82. The molecule has 1 aliphatic rings. The van der Waals surface area contributed by atoms with Crippen molar-refractivity contribution in [2.24, 2.45) is 5.92 Å². The Morgan fingerprint density at radius 1 is 1.28 bits per heavy atom. The second kappa shape index (κ2) is 4.55. The molecule has 0 amide bonds. The van der Waals surface area contributed by atoms with Crippen LogP contribution in [0.5, 0.6) is 0 Å². The van der Waals surface area contributed by atoms with Crippen LogP contribution in [-0.2, 0) is 11.8 Å². The molecule has 5 heteroatoms. The molecule has 18 heavy (non-hydrogen) atoms. The highest BCUT2D eigenvalue weighted by Gasteiger charge is 2.37. The second-order valence-electron chi connectivity index (χ2n) is 4.92. The molecule has 2 unspecified atom stereocenters. The van der Waals surface area contributed by atoms with Crippen molar-refractivity contribution in [2.75, 3.05) is 13.1 Å². The number of hydrogen-bond acceptors (Lipinski definition) is 2. The molecule has 0 aliphatic carbocycles. The minimum Gasteiger partial charge on any atom is -0.385 e. The first-order chi connectivity index (χ1) is 8.32. The van der Waals surface area contributed by atoms with E-state index in [1.807, 2.05) is 0 Å². The van der Waals surface area contributed by atoms with Gasteiger partial charge in [-0.3, -0.25) is 0 Å². The van der Waals surface area contributed by atoms with Gasteiger partial charge in [-0.1, -0.05) is 12.1 Å². The molecule has 1 fully saturated rings. The fraction of sp³-hybridized carbons (Fsp3) is 0.538. The minimum atomic E-state index is -4.37. The summed E-state index contributed by atoms with van der Waals surface area (Å²) in [5.41, 5.74) is -1.62. The number of hydrogen-bond donors (Lipinski definition) is 2. The molecule has 0 radical (unpaired) electrons. The van der Waals surface area contributed by atoms with Gasteiger partial charge in [0.05, 0.1) is 11.2 Å². The van der Waals surface area contributed by atoms with Crippen molar-refractivity contribution < 1.29 is 18.3 Å². The van der Waals surface area contributed by atoms with E-state index in [0.29, 0.717) is 12.1 Å². The first-order valence-corrected chi connectivity index (χ1v) is 5.92. The highest BCUT2D eigenvalue weighted by Crippen LogP contribution is 2.36. The van der Waals surface area contributed by atoms with Gasteiger partial charge in [0.15, 0.2) is 0 Å². The summed E-state index contributed by atoms with van der Waals surface area (Å²) in [7, 11) is 0. The van der Waals surface area contributed by atoms with Gasteiger partial charge in [0.2, 0.25) is 0 Å². The molecule has 2 N–H and O–H groups in total. The lowest BCUT2D eigenvalue weighted by molar-refractivity contribution is -0.137. The van der Waals surface area contributed by atoms with Crippen molar-refractivity contribution in [1.29, 1.82) is 0 Å². The van der Waals surface area contributed by atoms with Crippen molar-refractivity contribution in [3.8, 4) is 0 Å². The standard InChI is InChI=1S/C13H16F3NO/c1-12(18,11-5-6-17-8-11)9-3-2-4-10(7-9)13(14,15)16/h2-4,7,11,17-18H,5-6,8H2,1H3. The molecule has 0 bridgehead atoms. The smallest absolute Gasteiger partial charge is 0.385 e. The zero-order chi connectivity index (χ0) is 13.4. The monoisotopic (exact) mass is 259 g/mol. The van der Waals surface area contributed by atoms with Crippen LogP contribution < -0.4 is 5.32 Å². The summed E-state index contributed by atoms with van der Waals surface area (Å²) in [5.74, 6) is -0.0546. The van der Waals surface area contributed by atoms with Crippen molar-refractivity contribution in [3.63, 3.8) is 0 Å². The van der Waals surface area contributed by atoms with E-state index in [9.17, 15) is 18.3 Å². The van der Waals surface area contributed by atoms with E-state index >= 15 is 0 Å². The summed E-state index contributed by atoms with van der Waals surface area (Å²) in [5, 5.41) is 13.6. The molecule has 1 aromatic carbocycles. The largest absolute Gasteiger partial charge is 0.416 e. The second-order valence-corrected chi connectivity index (χ2v) is 4.92. The van der Waals surface area contributed by atoms with Crippen LogP contribution in [0.1, 0.15) is 24.5 Å². The van der Waals surface area contributed by atoms with Crippen LogP contribution in [0.3, 0.4) is 0 Å². The van der Waals surface area contributed by atoms with Crippen molar-refractivity contribution in [3.05, 3.63) is 35.4 Å². The van der Waals surface area contributed by atoms with E-state index in [-0.39, 0.29) is 5.92 Å². The van der Waals surface area contributed by atoms with Crippen molar-refractivity contribution in [2.45, 2.75) is 25.1 Å². The van der Waals surface area contributed by atoms with Gasteiger partial charge in [-0.25, -0.2) is 0 Å². The molecule has 2 rings (SSSR count). The van der Waals surface area contributed by atoms with Gasteiger partial charge < -0.3 is 10.4 Å². The van der Waals surface area contributed by atoms with Crippen molar-refractivity contribution >= 4 is 0 Å². The molecule has 2 atom stereocenters. The van der Waals surface area contributed by atoms with Crippen LogP contribution in [0.15, 0.2) is 24.3 Å². The molecule has 1 heterocycles. The third-order valence-corrected chi connectivity index (χ3v) is 3.63. The molecular weight excluding hydrogens is 243 g/mol. The first kappa shape index (κ1) is 13.4. The summed E-state index contributed by atoms with van der Waals surface area (Å²) in [6.45, 7) is 3.00. The molecule has 1 aliphatic heterocycles. The summed E-state index contributed by atoms with van der Waals surface area (Å²) in [4.78, 5) is 0. The highest BCUT2D eigenvalue weighted by atomic mass is 19.4. The molecular formula is C13H16F3NO. The quantitative estimate of drug-likeness (QED) is 0.855. The van der Waals surface area contributed by atoms with E-state index < -0.39 is 17.3 Å². The maximum absolute atomic E-state index is 12.6. The Labute approximate surface area is 104 Å². The van der Waals surface area contributed by atoms with E-state index in [1.165, 1.54) is 6.07 Å². The Morgan fingerprint density at radius 2 is 1.94 bits per heavy atom. The van der Waals surface area contributed by atoms with Crippen LogP contribution in [0, 0.1) is 5.92 Å². The predicted octanol–water partition coefficient (Wildman–Crippen LogP) is 2.52. The summed E-state index contributed by atoms with van der Waals surface area (Å²) in [6.07, 6.45) is -3.61. The van der Waals surface area contributed by atoms with Crippen LogP contribution in [0.2, 0.25) is 0 Å². The third kappa shape index (κ3) is 2.52. The number of nitrogens with one attached hydrogen (secondary N) is 1. The molecule has 100 valence electrons. The molecule has 1 saturated heterocycles. The van der Waals surface area contributed by atoms with E-state index in [0.717, 1.165) is 25.1 Å². The summed E-state index contributed by atoms with van der Waals surface area (Å²) >= 11 is 0. The van der Waals surface area contributed by atoms with Gasteiger partial charge in [0, 0.05) is 12.5 Å². The van der Waals surface area contributed by atoms with E-state index in [2.05, 4.69) is 5.32 Å². The van der Waals surface area contributed by atoms with Crippen molar-refractivity contribution in [1.82, 2.24) is 5.32 Å². The van der Waals surface area contributed by atoms with E-state index in [1.54, 1.807) is 13.0 Å². The number of rotatable bonds is 2. The zero-order valence-electron chi connectivity index (χ0n) is 10.1. The molecule has 0 spiro atoms. The van der Waals surface area contributed by atoms with Gasteiger partial charge >= 0.3 is 6.18 Å². The Balaban J connectivity index is 2.32. The number of benzene rings is 1. The molecule has 0 saturated carbocycles. The first-order valence-electron chi connectivity index (χ1n) is 5.92. The lowest BCUT2D eigenvalue weighted by Gasteiger charge is -2.30. The summed E-state index contributed by atoms with van der Waals surface area (Å²) < 4.78 is 37.9. The number of alkyl halides is 3. The van der Waals surface area contributed by atoms with Gasteiger partial charge in [0.25, 0.3) is 0 Å². The Morgan fingerprint density at radius 3 is 2.50 bits per heavy atom. The maximum Gasteiger partial charge on any atom is 0.416 e. The molecule has 2 nitrogen and oxygen atoms in total. The van der Waals surface area contributed by atoms with Crippen LogP contribution in [0.25, 0.3) is 0 Å². The SMILES string of the molecule is CC(O)(c1cccc(C(F)(F)F)c1)C1CCNC1. The fourth-order valence-corrected chi connectivity index (χ4v) is 2.38. The van der Waals surface area contributed by atoms with Gasteiger partial charge in [-0.15, -0.1) is 0 Å². The predicted molar refractivity (Wildman–Crippen MR) is 62.0 cm³/mol. The Kier molecular flexibility index (Phi) is 3.38. The Bertz CT molecular complexity index is 422.